The number of aromatic amines is 1. The van der Waals surface area contributed by atoms with Gasteiger partial charge in [0.25, 0.3) is 5.91 Å². The summed E-state index contributed by atoms with van der Waals surface area (Å²) in [5.41, 5.74) is 2.34. The van der Waals surface area contributed by atoms with Gasteiger partial charge in [-0.05, 0) is 48.4 Å². The van der Waals surface area contributed by atoms with Crippen LogP contribution in [0.3, 0.4) is 0 Å². The molecule has 1 unspecified atom stereocenters. The van der Waals surface area contributed by atoms with Crippen LogP contribution in [0.4, 0.5) is 10.5 Å². The maximum atomic E-state index is 13.3. The van der Waals surface area contributed by atoms with Crippen LogP contribution in [0.15, 0.2) is 42.5 Å². The monoisotopic (exact) mass is 478 g/mol. The Kier molecular flexibility index (Phi) is 6.21. The van der Waals surface area contributed by atoms with E-state index >= 15 is 0 Å². The highest BCUT2D eigenvalue weighted by Crippen LogP contribution is 2.33. The summed E-state index contributed by atoms with van der Waals surface area (Å²) in [4.78, 5) is 29.4. The summed E-state index contributed by atoms with van der Waals surface area (Å²) >= 11 is 0. The third-order valence-corrected chi connectivity index (χ3v) is 6.38. The summed E-state index contributed by atoms with van der Waals surface area (Å²) in [6, 6.07) is 12.9. The van der Waals surface area contributed by atoms with Crippen molar-refractivity contribution in [1.82, 2.24) is 25.5 Å². The van der Waals surface area contributed by atoms with E-state index in [0.717, 1.165) is 11.3 Å². The van der Waals surface area contributed by atoms with Crippen molar-refractivity contribution in [2.45, 2.75) is 38.5 Å². The van der Waals surface area contributed by atoms with E-state index in [4.69, 9.17) is 14.2 Å². The number of piperidine rings is 1. The lowest BCUT2D eigenvalue weighted by Gasteiger charge is -2.40. The van der Waals surface area contributed by atoms with Crippen LogP contribution in [0.5, 0.6) is 11.5 Å². The number of para-hydroxylation sites is 1. The lowest BCUT2D eigenvalue weighted by atomic mass is 10.00. The summed E-state index contributed by atoms with van der Waals surface area (Å²) in [5.74, 6) is 1.32. The molecule has 1 fully saturated rings. The lowest BCUT2D eigenvalue weighted by molar-refractivity contribution is 0.0705. The van der Waals surface area contributed by atoms with Gasteiger partial charge in [-0.25, -0.2) is 9.89 Å². The minimum absolute atomic E-state index is 0.0299. The number of ether oxygens (including phenoxy) is 3. The van der Waals surface area contributed by atoms with E-state index in [-0.39, 0.29) is 24.6 Å². The molecule has 2 aromatic carbocycles. The Bertz CT molecular complexity index is 1210. The Balaban J connectivity index is 1.26. The number of hydrogen-bond donors (Lipinski definition) is 1. The molecule has 1 saturated heterocycles. The highest BCUT2D eigenvalue weighted by atomic mass is 16.6. The van der Waals surface area contributed by atoms with E-state index in [2.05, 4.69) is 20.6 Å². The normalized spacial score (nSPS) is 16.9. The number of fused-ring (bicyclic) bond motifs is 1. The molecule has 1 N–H and O–H groups in total. The fourth-order valence-electron chi connectivity index (χ4n) is 4.54. The van der Waals surface area contributed by atoms with Crippen LogP contribution in [-0.4, -0.2) is 63.8 Å². The fraction of sp³-hybridized carbons (Fsp3) is 0.375. The molecule has 35 heavy (non-hydrogen) atoms. The number of benzene rings is 2. The minimum atomic E-state index is -0.401. The molecule has 0 spiro atoms. The second-order valence-corrected chi connectivity index (χ2v) is 8.49. The summed E-state index contributed by atoms with van der Waals surface area (Å²) in [6.45, 7) is 3.14. The number of hydrogen-bond acceptors (Lipinski definition) is 8. The molecule has 1 aromatic heterocycles. The number of nitrogens with one attached hydrogen (secondary N) is 1. The van der Waals surface area contributed by atoms with Gasteiger partial charge in [0.2, 0.25) is 0 Å². The predicted molar refractivity (Wildman–Crippen MR) is 124 cm³/mol. The molecule has 0 aliphatic carbocycles. The molecule has 1 atom stereocenters. The number of anilines is 1. The molecule has 11 heteroatoms. The lowest BCUT2D eigenvalue weighted by Crippen LogP contribution is -2.50. The van der Waals surface area contributed by atoms with Gasteiger partial charge >= 0.3 is 6.09 Å². The van der Waals surface area contributed by atoms with E-state index in [1.807, 2.05) is 31.2 Å². The zero-order chi connectivity index (χ0) is 24.4. The molecular formula is C24H26N6O5. The fourth-order valence-corrected chi connectivity index (χ4v) is 4.54. The molecule has 0 radical (unpaired) electrons. The first-order chi connectivity index (χ1) is 17.0. The van der Waals surface area contributed by atoms with Gasteiger partial charge in [0, 0.05) is 30.8 Å². The van der Waals surface area contributed by atoms with Crippen LogP contribution in [0.2, 0.25) is 0 Å². The molecule has 11 nitrogen and oxygen atoms in total. The molecule has 0 saturated carbocycles. The van der Waals surface area contributed by atoms with Crippen molar-refractivity contribution < 1.29 is 23.8 Å². The Morgan fingerprint density at radius 3 is 2.74 bits per heavy atom. The standard InChI is InChI=1S/C24H26N6O5/c1-15(22-25-27-28-26-22)35-18-7-8-19(21(13-18)33-2)23(31)29-11-9-17(10-12-29)30-20-6-4-3-5-16(20)14-34-24(30)32/h3-8,13,15,17H,9-12,14H2,1-2H3,(H,25,26,27,28). The van der Waals surface area contributed by atoms with Crippen molar-refractivity contribution in [2.75, 3.05) is 25.1 Å². The first kappa shape index (κ1) is 22.6. The number of likely N-dealkylation sites (tertiary alicyclic amines) is 1. The second-order valence-electron chi connectivity index (χ2n) is 8.49. The van der Waals surface area contributed by atoms with Crippen molar-refractivity contribution >= 4 is 17.7 Å². The van der Waals surface area contributed by atoms with E-state index in [0.29, 0.717) is 48.8 Å². The van der Waals surface area contributed by atoms with Gasteiger partial charge in [-0.1, -0.05) is 18.2 Å². The van der Waals surface area contributed by atoms with Crippen LogP contribution in [0, 0.1) is 0 Å². The molecule has 3 heterocycles. The second kappa shape index (κ2) is 9.61. The van der Waals surface area contributed by atoms with Gasteiger partial charge < -0.3 is 19.1 Å². The van der Waals surface area contributed by atoms with Crippen molar-refractivity contribution in [1.29, 1.82) is 0 Å². The van der Waals surface area contributed by atoms with Crippen LogP contribution >= 0.6 is 0 Å². The number of amides is 2. The van der Waals surface area contributed by atoms with Crippen LogP contribution in [0.25, 0.3) is 0 Å². The quantitative estimate of drug-likeness (QED) is 0.573. The maximum absolute atomic E-state index is 13.3. The summed E-state index contributed by atoms with van der Waals surface area (Å²) < 4.78 is 16.7. The third kappa shape index (κ3) is 4.48. The predicted octanol–water partition coefficient (Wildman–Crippen LogP) is 3.11. The van der Waals surface area contributed by atoms with Gasteiger partial charge in [-0.3, -0.25) is 9.69 Å². The topological polar surface area (TPSA) is 123 Å². The third-order valence-electron chi connectivity index (χ3n) is 6.38. The van der Waals surface area contributed by atoms with Gasteiger partial charge in [-0.2, -0.15) is 0 Å². The van der Waals surface area contributed by atoms with E-state index in [1.165, 1.54) is 7.11 Å². The highest BCUT2D eigenvalue weighted by Gasteiger charge is 2.35. The first-order valence-corrected chi connectivity index (χ1v) is 11.5. The van der Waals surface area contributed by atoms with Gasteiger partial charge in [-0.15, -0.1) is 5.10 Å². The molecule has 2 amide bonds. The number of nitrogens with zero attached hydrogens (tertiary/aromatic N) is 5. The summed E-state index contributed by atoms with van der Waals surface area (Å²) in [7, 11) is 1.52. The Hall–Kier alpha value is -4.15. The number of carbonyl (C=O) groups excluding carboxylic acids is 2. The van der Waals surface area contributed by atoms with E-state index in [9.17, 15) is 9.59 Å². The molecule has 2 aliphatic rings. The van der Waals surface area contributed by atoms with Crippen molar-refractivity contribution in [3.05, 3.63) is 59.4 Å². The van der Waals surface area contributed by atoms with Crippen molar-refractivity contribution in [3.8, 4) is 11.5 Å². The number of carbonyl (C=O) groups is 2. The van der Waals surface area contributed by atoms with Gasteiger partial charge in [0.1, 0.15) is 18.1 Å². The van der Waals surface area contributed by atoms with Gasteiger partial charge in [0.15, 0.2) is 11.9 Å². The SMILES string of the molecule is COc1cc(OC(C)c2nnn[nH]2)ccc1C(=O)N1CCC(N2C(=O)OCc3ccccc32)CC1. The van der Waals surface area contributed by atoms with Crippen molar-refractivity contribution in [2.24, 2.45) is 0 Å². The average molecular weight is 479 g/mol. The first-order valence-electron chi connectivity index (χ1n) is 11.5. The van der Waals surface area contributed by atoms with Gasteiger partial charge in [0.05, 0.1) is 18.4 Å². The average Bonchev–Trinajstić information content (AvgIpc) is 3.44. The number of cyclic esters (lactones) is 1. The summed E-state index contributed by atoms with van der Waals surface area (Å²) in [5, 5.41) is 13.6. The molecule has 182 valence electrons. The Morgan fingerprint density at radius 2 is 2.00 bits per heavy atom. The van der Waals surface area contributed by atoms with E-state index < -0.39 is 6.10 Å². The number of methoxy groups -OCH3 is 1. The number of H-pyrrole nitrogens is 1. The molecule has 0 bridgehead atoms. The summed E-state index contributed by atoms with van der Waals surface area (Å²) in [6.07, 6.45) is 0.575. The molecular weight excluding hydrogens is 452 g/mol. The van der Waals surface area contributed by atoms with Crippen molar-refractivity contribution in [3.63, 3.8) is 0 Å². The smallest absolute Gasteiger partial charge is 0.414 e. The Morgan fingerprint density at radius 1 is 1.20 bits per heavy atom. The zero-order valence-electron chi connectivity index (χ0n) is 19.5. The molecule has 3 aromatic rings. The highest BCUT2D eigenvalue weighted by molar-refractivity contribution is 5.97. The maximum Gasteiger partial charge on any atom is 0.414 e. The van der Waals surface area contributed by atoms with Crippen LogP contribution < -0.4 is 14.4 Å². The molecule has 5 rings (SSSR count). The number of aromatic nitrogens is 4. The van der Waals surface area contributed by atoms with E-state index in [1.54, 1.807) is 28.0 Å². The number of rotatable bonds is 6. The molecule has 2 aliphatic heterocycles. The zero-order valence-corrected chi connectivity index (χ0v) is 19.5. The van der Waals surface area contributed by atoms with Crippen LogP contribution in [-0.2, 0) is 11.3 Å². The van der Waals surface area contributed by atoms with Crippen LogP contribution in [0.1, 0.15) is 47.6 Å². The number of tetrazole rings is 1. The minimum Gasteiger partial charge on any atom is -0.496 e. The Labute approximate surface area is 202 Å². The largest absolute Gasteiger partial charge is 0.496 e.